The summed E-state index contributed by atoms with van der Waals surface area (Å²) in [6, 6.07) is 10.7. The van der Waals surface area contributed by atoms with Crippen molar-refractivity contribution in [1.82, 2.24) is 10.2 Å². The minimum absolute atomic E-state index is 0.394. The normalized spacial score (nSPS) is 18.1. The summed E-state index contributed by atoms with van der Waals surface area (Å²) in [5, 5.41) is 20.9. The number of nitrogens with zero attached hydrogens (tertiary/aromatic N) is 2. The van der Waals surface area contributed by atoms with Crippen molar-refractivity contribution in [2.45, 2.75) is 31.2 Å². The number of amides is 2. The van der Waals surface area contributed by atoms with Crippen LogP contribution < -0.4 is 5.32 Å². The number of rotatable bonds is 3. The van der Waals surface area contributed by atoms with Crippen LogP contribution in [0, 0.1) is 11.3 Å². The van der Waals surface area contributed by atoms with Gasteiger partial charge in [-0.05, 0) is 25.3 Å². The third-order valence-corrected chi connectivity index (χ3v) is 4.16. The van der Waals surface area contributed by atoms with Crippen molar-refractivity contribution in [2.24, 2.45) is 0 Å². The van der Waals surface area contributed by atoms with E-state index in [-0.39, 0.29) is 0 Å². The Morgan fingerprint density at radius 3 is 2.41 bits per heavy atom. The second-order valence-corrected chi connectivity index (χ2v) is 5.56. The first-order chi connectivity index (χ1) is 10.5. The first kappa shape index (κ1) is 15.8. The van der Waals surface area contributed by atoms with E-state index < -0.39 is 23.5 Å². The zero-order valence-electron chi connectivity index (χ0n) is 12.5. The number of carboxylic acid groups (broad SMARTS) is 1. The van der Waals surface area contributed by atoms with Crippen LogP contribution in [-0.4, -0.2) is 41.1 Å². The fraction of sp³-hybridized carbons (Fsp3) is 0.438. The summed E-state index contributed by atoms with van der Waals surface area (Å²) in [6.07, 6.45) is 1.09. The zero-order chi connectivity index (χ0) is 16.2. The Morgan fingerprint density at radius 1 is 1.32 bits per heavy atom. The molecule has 6 heteroatoms. The highest BCUT2D eigenvalue weighted by Crippen LogP contribution is 2.34. The van der Waals surface area contributed by atoms with Crippen LogP contribution in [0.5, 0.6) is 0 Å². The Balaban J connectivity index is 2.02. The van der Waals surface area contributed by atoms with Gasteiger partial charge in [-0.2, -0.15) is 5.26 Å². The molecule has 1 heterocycles. The van der Waals surface area contributed by atoms with Crippen molar-refractivity contribution >= 4 is 12.0 Å². The minimum Gasteiger partial charge on any atom is -0.480 e. The molecule has 1 fully saturated rings. The number of hydrogen-bond donors (Lipinski definition) is 2. The molecule has 0 spiro atoms. The Hall–Kier alpha value is -2.55. The van der Waals surface area contributed by atoms with Gasteiger partial charge in [-0.3, -0.25) is 4.79 Å². The summed E-state index contributed by atoms with van der Waals surface area (Å²) in [4.78, 5) is 24.4. The molecule has 1 aromatic rings. The number of carboxylic acids is 1. The summed E-state index contributed by atoms with van der Waals surface area (Å²) in [5.41, 5.74) is 0.396. The quantitative estimate of drug-likeness (QED) is 0.889. The van der Waals surface area contributed by atoms with E-state index >= 15 is 0 Å². The van der Waals surface area contributed by atoms with Crippen LogP contribution in [0.25, 0.3) is 0 Å². The van der Waals surface area contributed by atoms with E-state index in [1.165, 1.54) is 6.92 Å². The minimum atomic E-state index is -1.07. The van der Waals surface area contributed by atoms with Gasteiger partial charge in [-0.15, -0.1) is 0 Å². The summed E-state index contributed by atoms with van der Waals surface area (Å²) < 4.78 is 0. The van der Waals surface area contributed by atoms with E-state index in [4.69, 9.17) is 5.11 Å². The van der Waals surface area contributed by atoms with Crippen molar-refractivity contribution in [2.75, 3.05) is 13.1 Å². The maximum absolute atomic E-state index is 12.0. The lowest BCUT2D eigenvalue weighted by atomic mass is 9.74. The number of carbonyl (C=O) groups is 2. The van der Waals surface area contributed by atoms with Gasteiger partial charge in [0.2, 0.25) is 0 Å². The molecule has 2 amide bonds. The molecular weight excluding hydrogens is 282 g/mol. The van der Waals surface area contributed by atoms with Gasteiger partial charge in [-0.25, -0.2) is 4.79 Å². The van der Waals surface area contributed by atoms with Crippen molar-refractivity contribution in [1.29, 1.82) is 5.26 Å². The highest BCUT2D eigenvalue weighted by Gasteiger charge is 2.37. The Kier molecular flexibility index (Phi) is 4.66. The van der Waals surface area contributed by atoms with Crippen molar-refractivity contribution in [3.05, 3.63) is 35.9 Å². The predicted octanol–water partition coefficient (Wildman–Crippen LogP) is 1.73. The highest BCUT2D eigenvalue weighted by molar-refractivity contribution is 5.82. The number of nitriles is 1. The van der Waals surface area contributed by atoms with E-state index in [9.17, 15) is 14.9 Å². The summed E-state index contributed by atoms with van der Waals surface area (Å²) in [6.45, 7) is 2.29. The molecule has 0 aliphatic carbocycles. The molecule has 1 aromatic carbocycles. The van der Waals surface area contributed by atoms with Crippen LogP contribution in [0.15, 0.2) is 30.3 Å². The molecule has 2 rings (SSSR count). The molecule has 6 nitrogen and oxygen atoms in total. The van der Waals surface area contributed by atoms with Gasteiger partial charge in [0, 0.05) is 13.1 Å². The first-order valence-corrected chi connectivity index (χ1v) is 7.23. The molecule has 1 saturated heterocycles. The molecule has 2 N–H and O–H groups in total. The van der Waals surface area contributed by atoms with Crippen molar-refractivity contribution < 1.29 is 14.7 Å². The lowest BCUT2D eigenvalue weighted by molar-refractivity contribution is -0.138. The van der Waals surface area contributed by atoms with Crippen LogP contribution >= 0.6 is 0 Å². The Morgan fingerprint density at radius 2 is 1.91 bits per heavy atom. The molecule has 116 valence electrons. The lowest BCUT2D eigenvalue weighted by Crippen LogP contribution is -2.51. The van der Waals surface area contributed by atoms with Crippen LogP contribution in [0.1, 0.15) is 25.3 Å². The van der Waals surface area contributed by atoms with Crippen LogP contribution in [0.2, 0.25) is 0 Å². The smallest absolute Gasteiger partial charge is 0.325 e. The predicted molar refractivity (Wildman–Crippen MR) is 80.2 cm³/mol. The van der Waals surface area contributed by atoms with Crippen LogP contribution in [0.4, 0.5) is 4.79 Å². The molecule has 1 aliphatic heterocycles. The largest absolute Gasteiger partial charge is 0.480 e. The third-order valence-electron chi connectivity index (χ3n) is 4.16. The van der Waals surface area contributed by atoms with E-state index in [2.05, 4.69) is 11.4 Å². The molecule has 1 atom stereocenters. The second-order valence-electron chi connectivity index (χ2n) is 5.56. The standard InChI is InChI=1S/C16H19N3O3/c1-12(14(20)21)18-15(22)19-9-7-16(11-17,8-10-19)13-5-3-2-4-6-13/h2-6,12H,7-10H2,1H3,(H,18,22)(H,20,21)/t12-/m0/s1. The number of urea groups is 1. The lowest BCUT2D eigenvalue weighted by Gasteiger charge is -2.37. The van der Waals surface area contributed by atoms with Crippen LogP contribution in [-0.2, 0) is 10.2 Å². The highest BCUT2D eigenvalue weighted by atomic mass is 16.4. The first-order valence-electron chi connectivity index (χ1n) is 7.23. The summed E-state index contributed by atoms with van der Waals surface area (Å²) in [7, 11) is 0. The molecule has 22 heavy (non-hydrogen) atoms. The molecule has 0 saturated carbocycles. The van der Waals surface area contributed by atoms with E-state index in [1.54, 1.807) is 4.90 Å². The number of piperidine rings is 1. The van der Waals surface area contributed by atoms with Gasteiger partial charge >= 0.3 is 12.0 Å². The number of carbonyl (C=O) groups excluding carboxylic acids is 1. The van der Waals surface area contributed by atoms with E-state index in [1.807, 2.05) is 30.3 Å². The van der Waals surface area contributed by atoms with Gasteiger partial charge in [-0.1, -0.05) is 30.3 Å². The Labute approximate surface area is 129 Å². The van der Waals surface area contributed by atoms with E-state index in [0.29, 0.717) is 25.9 Å². The second kappa shape index (κ2) is 6.48. The van der Waals surface area contributed by atoms with Gasteiger partial charge < -0.3 is 15.3 Å². The molecule has 0 bridgehead atoms. The van der Waals surface area contributed by atoms with Gasteiger partial charge in [0.05, 0.1) is 11.5 Å². The fourth-order valence-corrected chi connectivity index (χ4v) is 2.65. The number of benzene rings is 1. The van der Waals surface area contributed by atoms with Gasteiger partial charge in [0.25, 0.3) is 0 Å². The average molecular weight is 301 g/mol. The monoisotopic (exact) mass is 301 g/mol. The topological polar surface area (TPSA) is 93.4 Å². The molecule has 0 unspecified atom stereocenters. The van der Waals surface area contributed by atoms with E-state index in [0.717, 1.165) is 5.56 Å². The Bertz CT molecular complexity index is 586. The maximum Gasteiger partial charge on any atom is 0.325 e. The summed E-state index contributed by atoms with van der Waals surface area (Å²) >= 11 is 0. The zero-order valence-corrected chi connectivity index (χ0v) is 12.5. The molecule has 0 radical (unpaired) electrons. The third kappa shape index (κ3) is 3.19. The number of hydrogen-bond acceptors (Lipinski definition) is 3. The number of aliphatic carboxylic acids is 1. The van der Waals surface area contributed by atoms with Crippen LogP contribution in [0.3, 0.4) is 0 Å². The average Bonchev–Trinajstić information content (AvgIpc) is 2.55. The molecule has 1 aliphatic rings. The summed E-state index contributed by atoms with van der Waals surface area (Å²) in [5.74, 6) is -1.07. The molecule has 0 aromatic heterocycles. The fourth-order valence-electron chi connectivity index (χ4n) is 2.65. The van der Waals surface area contributed by atoms with Crippen molar-refractivity contribution in [3.8, 4) is 6.07 Å². The van der Waals surface area contributed by atoms with Crippen molar-refractivity contribution in [3.63, 3.8) is 0 Å². The van der Waals surface area contributed by atoms with Gasteiger partial charge in [0.1, 0.15) is 6.04 Å². The maximum atomic E-state index is 12.0. The number of likely N-dealkylation sites (tertiary alicyclic amines) is 1. The SMILES string of the molecule is C[C@H](NC(=O)N1CCC(C#N)(c2ccccc2)CC1)C(=O)O. The molecular formula is C16H19N3O3. The van der Waals surface area contributed by atoms with Gasteiger partial charge in [0.15, 0.2) is 0 Å². The number of nitrogens with one attached hydrogen (secondary N) is 1.